The van der Waals surface area contributed by atoms with E-state index in [-0.39, 0.29) is 31.4 Å². The molecule has 2 rings (SSSR count). The molecular weight excluding hydrogens is 388 g/mol. The van der Waals surface area contributed by atoms with Gasteiger partial charge in [0.15, 0.2) is 0 Å². The van der Waals surface area contributed by atoms with Gasteiger partial charge in [-0.3, -0.25) is 9.69 Å². The van der Waals surface area contributed by atoms with E-state index in [1.165, 1.54) is 4.90 Å². The van der Waals surface area contributed by atoms with Crippen LogP contribution in [0.4, 0.5) is 10.5 Å². The molecule has 1 aromatic carbocycles. The van der Waals surface area contributed by atoms with Gasteiger partial charge in [0.25, 0.3) is 0 Å². The molecule has 2 atom stereocenters. The molecule has 0 aliphatic carbocycles. The fourth-order valence-corrected chi connectivity index (χ4v) is 3.59. The van der Waals surface area contributed by atoms with E-state index >= 15 is 0 Å². The Morgan fingerprint density at radius 2 is 1.96 bits per heavy atom. The van der Waals surface area contributed by atoms with Crippen LogP contribution in [0.3, 0.4) is 0 Å². The molecule has 1 aliphatic heterocycles. The molecule has 0 bridgehead atoms. The molecule has 0 radical (unpaired) electrons. The van der Waals surface area contributed by atoms with Crippen LogP contribution < -0.4 is 5.32 Å². The minimum Gasteiger partial charge on any atom is -0.449 e. The predicted molar refractivity (Wildman–Crippen MR) is 99.5 cm³/mol. The number of β-amino-alcohol motifs (C(OH)–C–C–N with tert-alkyl or cyclic N) is 1. The molecule has 25 heavy (non-hydrogen) atoms. The van der Waals surface area contributed by atoms with E-state index in [0.29, 0.717) is 0 Å². The number of anilines is 1. The lowest BCUT2D eigenvalue weighted by Crippen LogP contribution is -2.44. The molecule has 1 aromatic rings. The zero-order valence-electron chi connectivity index (χ0n) is 15.0. The topological polar surface area (TPSA) is 78.9 Å². The molecule has 0 aromatic heterocycles. The number of aliphatic hydroxyl groups is 1. The van der Waals surface area contributed by atoms with Gasteiger partial charge in [0.1, 0.15) is 6.04 Å². The number of likely N-dealkylation sites (tertiary alicyclic amines) is 1. The highest BCUT2D eigenvalue weighted by atomic mass is 79.9. The summed E-state index contributed by atoms with van der Waals surface area (Å²) < 4.78 is 6.16. The number of aliphatic hydroxyl groups excluding tert-OH is 1. The summed E-state index contributed by atoms with van der Waals surface area (Å²) in [6.07, 6.45) is -1.08. The highest BCUT2D eigenvalue weighted by Gasteiger charge is 2.40. The van der Waals surface area contributed by atoms with Crippen molar-refractivity contribution in [2.75, 3.05) is 18.5 Å². The van der Waals surface area contributed by atoms with Crippen molar-refractivity contribution in [3.05, 3.63) is 27.7 Å². The Morgan fingerprint density at radius 1 is 1.36 bits per heavy atom. The predicted octanol–water partition coefficient (Wildman–Crippen LogP) is 3.23. The highest BCUT2D eigenvalue weighted by molar-refractivity contribution is 9.10. The molecular formula is C18H25BrN2O4. The number of aryl methyl sites for hydroxylation is 2. The Morgan fingerprint density at radius 3 is 2.52 bits per heavy atom. The number of hydrogen-bond acceptors (Lipinski definition) is 4. The number of amides is 2. The number of rotatable bonds is 4. The molecule has 2 unspecified atom stereocenters. The number of halogens is 1. The lowest BCUT2D eigenvalue weighted by Gasteiger charge is -2.24. The maximum absolute atomic E-state index is 12.7. The van der Waals surface area contributed by atoms with Gasteiger partial charge in [0, 0.05) is 16.6 Å². The smallest absolute Gasteiger partial charge is 0.410 e. The molecule has 0 saturated carbocycles. The Labute approximate surface area is 156 Å². The Balaban J connectivity index is 2.12. The maximum atomic E-state index is 12.7. The number of carbonyl (C=O) groups is 2. The SMILES string of the molecule is Cc1cc(Br)cc(C)c1NC(=O)C1CC(O)CN1C(=O)OCC(C)C. The summed E-state index contributed by atoms with van der Waals surface area (Å²) in [4.78, 5) is 26.3. The van der Waals surface area contributed by atoms with Gasteiger partial charge in [0.2, 0.25) is 5.91 Å². The van der Waals surface area contributed by atoms with Crippen LogP contribution in [0.15, 0.2) is 16.6 Å². The minimum atomic E-state index is -0.739. The van der Waals surface area contributed by atoms with Crippen LogP contribution in [0.25, 0.3) is 0 Å². The van der Waals surface area contributed by atoms with Crippen molar-refractivity contribution >= 4 is 33.6 Å². The van der Waals surface area contributed by atoms with Crippen LogP contribution in [0.5, 0.6) is 0 Å². The summed E-state index contributed by atoms with van der Waals surface area (Å²) >= 11 is 3.43. The van der Waals surface area contributed by atoms with E-state index in [1.807, 2.05) is 39.8 Å². The lowest BCUT2D eigenvalue weighted by molar-refractivity contribution is -0.120. The average molecular weight is 413 g/mol. The zero-order chi connectivity index (χ0) is 18.7. The Kier molecular flexibility index (Phi) is 6.46. The fraction of sp³-hybridized carbons (Fsp3) is 0.556. The molecule has 0 spiro atoms. The van der Waals surface area contributed by atoms with Gasteiger partial charge in [-0.2, -0.15) is 0 Å². The summed E-state index contributed by atoms with van der Waals surface area (Å²) in [7, 11) is 0. The molecule has 1 saturated heterocycles. The first-order valence-electron chi connectivity index (χ1n) is 8.38. The largest absolute Gasteiger partial charge is 0.449 e. The van der Waals surface area contributed by atoms with Crippen molar-refractivity contribution in [2.24, 2.45) is 5.92 Å². The van der Waals surface area contributed by atoms with Gasteiger partial charge in [-0.1, -0.05) is 29.8 Å². The van der Waals surface area contributed by atoms with Crippen molar-refractivity contribution < 1.29 is 19.4 Å². The number of nitrogens with zero attached hydrogens (tertiary/aromatic N) is 1. The first-order chi connectivity index (χ1) is 11.7. The van der Waals surface area contributed by atoms with E-state index in [1.54, 1.807) is 0 Å². The molecule has 2 amide bonds. The van der Waals surface area contributed by atoms with Crippen LogP contribution in [-0.2, 0) is 9.53 Å². The van der Waals surface area contributed by atoms with Gasteiger partial charge in [-0.05, 0) is 43.0 Å². The van der Waals surface area contributed by atoms with E-state index in [0.717, 1.165) is 21.3 Å². The molecule has 1 fully saturated rings. The third kappa shape index (κ3) is 4.95. The standard InChI is InChI=1S/C18H25BrN2O4/c1-10(2)9-25-18(24)21-8-14(22)7-15(21)17(23)20-16-11(3)5-13(19)6-12(16)4/h5-6,10,14-15,22H,7-9H2,1-4H3,(H,20,23). The van der Waals surface area contributed by atoms with E-state index in [9.17, 15) is 14.7 Å². The summed E-state index contributed by atoms with van der Waals surface area (Å²) in [5.41, 5.74) is 2.57. The van der Waals surface area contributed by atoms with Gasteiger partial charge < -0.3 is 15.2 Å². The van der Waals surface area contributed by atoms with Crippen molar-refractivity contribution in [1.29, 1.82) is 0 Å². The van der Waals surface area contributed by atoms with Gasteiger partial charge in [0.05, 0.1) is 19.3 Å². The second kappa shape index (κ2) is 8.19. The number of ether oxygens (including phenoxy) is 1. The lowest BCUT2D eigenvalue weighted by atomic mass is 10.1. The fourth-order valence-electron chi connectivity index (χ4n) is 2.90. The maximum Gasteiger partial charge on any atom is 0.410 e. The van der Waals surface area contributed by atoms with Gasteiger partial charge in [-0.15, -0.1) is 0 Å². The van der Waals surface area contributed by atoms with Gasteiger partial charge >= 0.3 is 6.09 Å². The van der Waals surface area contributed by atoms with E-state index < -0.39 is 18.2 Å². The number of carbonyl (C=O) groups excluding carboxylic acids is 2. The third-order valence-electron chi connectivity index (χ3n) is 4.10. The van der Waals surface area contributed by atoms with Crippen LogP contribution in [0.1, 0.15) is 31.4 Å². The monoisotopic (exact) mass is 412 g/mol. The van der Waals surface area contributed by atoms with Crippen molar-refractivity contribution in [1.82, 2.24) is 4.90 Å². The first kappa shape index (κ1) is 19.7. The molecule has 7 heteroatoms. The minimum absolute atomic E-state index is 0.104. The second-order valence-corrected chi connectivity index (χ2v) is 7.85. The molecule has 2 N–H and O–H groups in total. The number of nitrogens with one attached hydrogen (secondary N) is 1. The summed E-state index contributed by atoms with van der Waals surface area (Å²) in [5, 5.41) is 12.8. The van der Waals surface area contributed by atoms with Crippen LogP contribution >= 0.6 is 15.9 Å². The first-order valence-corrected chi connectivity index (χ1v) is 9.17. The van der Waals surface area contributed by atoms with Crippen LogP contribution in [-0.4, -0.2) is 47.3 Å². The Bertz CT molecular complexity index is 639. The highest BCUT2D eigenvalue weighted by Crippen LogP contribution is 2.27. The normalized spacial score (nSPS) is 20.0. The van der Waals surface area contributed by atoms with Crippen molar-refractivity contribution in [2.45, 2.75) is 46.3 Å². The van der Waals surface area contributed by atoms with Crippen molar-refractivity contribution in [3.8, 4) is 0 Å². The van der Waals surface area contributed by atoms with E-state index in [2.05, 4.69) is 21.2 Å². The third-order valence-corrected chi connectivity index (χ3v) is 4.56. The van der Waals surface area contributed by atoms with Gasteiger partial charge in [-0.25, -0.2) is 4.79 Å². The molecule has 1 aliphatic rings. The van der Waals surface area contributed by atoms with Crippen LogP contribution in [0.2, 0.25) is 0 Å². The average Bonchev–Trinajstić information content (AvgIpc) is 2.90. The second-order valence-electron chi connectivity index (χ2n) is 6.93. The zero-order valence-corrected chi connectivity index (χ0v) is 16.6. The summed E-state index contributed by atoms with van der Waals surface area (Å²) in [5.74, 6) is -0.108. The molecule has 138 valence electrons. The van der Waals surface area contributed by atoms with Crippen molar-refractivity contribution in [3.63, 3.8) is 0 Å². The summed E-state index contributed by atoms with van der Waals surface area (Å²) in [6.45, 7) is 8.08. The molecule has 1 heterocycles. The van der Waals surface area contributed by atoms with Crippen LogP contribution in [0, 0.1) is 19.8 Å². The Hall–Kier alpha value is -1.60. The number of hydrogen-bond donors (Lipinski definition) is 2. The quantitative estimate of drug-likeness (QED) is 0.795. The van der Waals surface area contributed by atoms with E-state index in [4.69, 9.17) is 4.74 Å². The molecule has 6 nitrogen and oxygen atoms in total. The summed E-state index contributed by atoms with van der Waals surface area (Å²) in [6, 6.07) is 3.10. The number of benzene rings is 1.